The first kappa shape index (κ1) is 19.4. The van der Waals surface area contributed by atoms with Gasteiger partial charge in [-0.15, -0.1) is 11.3 Å². The van der Waals surface area contributed by atoms with Crippen molar-refractivity contribution in [1.82, 2.24) is 4.98 Å². The maximum Gasteiger partial charge on any atom is 0.187 e. The van der Waals surface area contributed by atoms with Crippen molar-refractivity contribution in [2.45, 2.75) is 36.0 Å². The van der Waals surface area contributed by atoms with Gasteiger partial charge in [0.05, 0.1) is 16.8 Å². The Labute approximate surface area is 172 Å². The molecule has 146 valence electrons. The first-order valence-corrected chi connectivity index (χ1v) is 11.8. The summed E-state index contributed by atoms with van der Waals surface area (Å²) < 4.78 is 39.9. The third-order valence-corrected chi connectivity index (χ3v) is 7.76. The van der Waals surface area contributed by atoms with Gasteiger partial charge in [0.15, 0.2) is 9.84 Å². The van der Waals surface area contributed by atoms with Gasteiger partial charge in [0.2, 0.25) is 0 Å². The van der Waals surface area contributed by atoms with Crippen molar-refractivity contribution in [2.75, 3.05) is 5.32 Å². The van der Waals surface area contributed by atoms with Crippen LogP contribution in [0.5, 0.6) is 0 Å². The monoisotopic (exact) mass is 436 g/mol. The van der Waals surface area contributed by atoms with Crippen molar-refractivity contribution in [1.29, 1.82) is 0 Å². The number of hydrogen-bond acceptors (Lipinski definition) is 5. The van der Waals surface area contributed by atoms with E-state index in [0.717, 1.165) is 19.3 Å². The van der Waals surface area contributed by atoms with E-state index < -0.39 is 20.5 Å². The molecular formula is C20H18ClFN2O2S2. The number of sulfone groups is 1. The maximum absolute atomic E-state index is 14.7. The molecule has 0 fully saturated rings. The van der Waals surface area contributed by atoms with Crippen LogP contribution in [0.4, 0.5) is 10.1 Å². The van der Waals surface area contributed by atoms with Crippen molar-refractivity contribution in [3.05, 3.63) is 74.9 Å². The second-order valence-electron chi connectivity index (χ2n) is 6.74. The highest BCUT2D eigenvalue weighted by Crippen LogP contribution is 2.36. The van der Waals surface area contributed by atoms with E-state index in [4.69, 9.17) is 11.6 Å². The fraction of sp³-hybridized carbons (Fsp3) is 0.250. The fourth-order valence-corrected chi connectivity index (χ4v) is 6.16. The van der Waals surface area contributed by atoms with Crippen LogP contribution >= 0.6 is 22.9 Å². The van der Waals surface area contributed by atoms with Crippen molar-refractivity contribution >= 4 is 38.5 Å². The summed E-state index contributed by atoms with van der Waals surface area (Å²) in [7, 11) is -3.87. The molecule has 0 radical (unpaired) electrons. The summed E-state index contributed by atoms with van der Waals surface area (Å²) in [4.78, 5) is 3.57. The molecule has 4 rings (SSSR count). The van der Waals surface area contributed by atoms with Gasteiger partial charge in [0.25, 0.3) is 0 Å². The summed E-state index contributed by atoms with van der Waals surface area (Å²) in [6.07, 6.45) is 4.46. The molecular weight excluding hydrogens is 419 g/mol. The summed E-state index contributed by atoms with van der Waals surface area (Å²) in [5.41, 5.74) is 2.84. The van der Waals surface area contributed by atoms with E-state index in [9.17, 15) is 12.8 Å². The van der Waals surface area contributed by atoms with Crippen LogP contribution in [-0.4, -0.2) is 13.4 Å². The Morgan fingerprint density at radius 1 is 1.29 bits per heavy atom. The predicted octanol–water partition coefficient (Wildman–Crippen LogP) is 5.40. The number of thiazole rings is 1. The number of aryl methyl sites for hydroxylation is 1. The molecule has 1 aliphatic carbocycles. The average Bonchev–Trinajstić information content (AvgIpc) is 3.17. The number of aromatic nitrogens is 1. The normalized spacial score (nSPS) is 16.6. The molecule has 0 bridgehead atoms. The lowest BCUT2D eigenvalue weighted by Gasteiger charge is -2.27. The van der Waals surface area contributed by atoms with Gasteiger partial charge in [-0.25, -0.2) is 17.8 Å². The molecule has 1 heterocycles. The van der Waals surface area contributed by atoms with Crippen LogP contribution in [0.1, 0.15) is 35.0 Å². The summed E-state index contributed by atoms with van der Waals surface area (Å²) in [6.45, 7) is 0. The van der Waals surface area contributed by atoms with Gasteiger partial charge in [-0.3, -0.25) is 0 Å². The number of fused-ring (bicyclic) bond motifs is 1. The third kappa shape index (κ3) is 3.92. The van der Waals surface area contributed by atoms with Gasteiger partial charge >= 0.3 is 0 Å². The van der Waals surface area contributed by atoms with Crippen LogP contribution in [0, 0.1) is 5.82 Å². The largest absolute Gasteiger partial charge is 0.377 e. The molecule has 0 saturated heterocycles. The number of halogens is 2. The van der Waals surface area contributed by atoms with Crippen LogP contribution in [-0.2, 0) is 22.0 Å². The second-order valence-corrected chi connectivity index (χ2v) is 10.1. The molecule has 0 amide bonds. The first-order valence-electron chi connectivity index (χ1n) is 8.88. The van der Waals surface area contributed by atoms with Gasteiger partial charge < -0.3 is 5.32 Å². The molecule has 1 aliphatic rings. The molecule has 28 heavy (non-hydrogen) atoms. The van der Waals surface area contributed by atoms with E-state index in [1.807, 2.05) is 12.1 Å². The Morgan fingerprint density at radius 2 is 2.11 bits per heavy atom. The standard InChI is InChI=1S/C20H18ClFN2O2S2/c21-15-10-19(28(25,26)12-20-23-8-9-27-20)16(22)11-18(15)24-17-7-3-5-13-4-1-2-6-14(13)17/h1-2,4,6,8-11,17,24H,3,5,7,12H2/t17-/m1/s1. The first-order chi connectivity index (χ1) is 13.4. The van der Waals surface area contributed by atoms with E-state index in [1.165, 1.54) is 40.8 Å². The summed E-state index contributed by atoms with van der Waals surface area (Å²) in [5, 5.41) is 5.57. The quantitative estimate of drug-likeness (QED) is 0.581. The molecule has 3 aromatic rings. The number of rotatable bonds is 5. The zero-order valence-corrected chi connectivity index (χ0v) is 17.2. The van der Waals surface area contributed by atoms with Crippen molar-refractivity contribution in [3.8, 4) is 0 Å². The molecule has 1 atom stereocenters. The minimum absolute atomic E-state index is 0.0135. The molecule has 2 aromatic carbocycles. The van der Waals surface area contributed by atoms with Crippen molar-refractivity contribution in [2.24, 2.45) is 0 Å². The molecule has 0 spiro atoms. The van der Waals surface area contributed by atoms with Crippen LogP contribution in [0.15, 0.2) is 52.9 Å². The summed E-state index contributed by atoms with van der Waals surface area (Å²) in [6, 6.07) is 10.5. The van der Waals surface area contributed by atoms with Crippen LogP contribution < -0.4 is 5.32 Å². The smallest absolute Gasteiger partial charge is 0.187 e. The SMILES string of the molecule is O=S(=O)(Cc1nccs1)c1cc(Cl)c(N[C@@H]2CCCc3ccccc32)cc1F. The lowest BCUT2D eigenvalue weighted by Crippen LogP contribution is -2.18. The minimum Gasteiger partial charge on any atom is -0.377 e. The molecule has 0 unspecified atom stereocenters. The molecule has 4 nitrogen and oxygen atoms in total. The molecule has 8 heteroatoms. The fourth-order valence-electron chi connectivity index (χ4n) is 3.53. The molecule has 1 N–H and O–H groups in total. The summed E-state index contributed by atoms with van der Waals surface area (Å²) in [5.74, 6) is -1.16. The Hall–Kier alpha value is -1.96. The van der Waals surface area contributed by atoms with E-state index in [2.05, 4.69) is 22.4 Å². The number of nitrogens with one attached hydrogen (secondary N) is 1. The van der Waals surface area contributed by atoms with Gasteiger partial charge in [-0.1, -0.05) is 35.9 Å². The number of hydrogen-bond donors (Lipinski definition) is 1. The van der Waals surface area contributed by atoms with Crippen molar-refractivity contribution in [3.63, 3.8) is 0 Å². The Balaban J connectivity index is 1.62. The molecule has 1 aromatic heterocycles. The maximum atomic E-state index is 14.7. The minimum atomic E-state index is -3.87. The van der Waals surface area contributed by atoms with Gasteiger partial charge in [-0.05, 0) is 42.5 Å². The zero-order valence-electron chi connectivity index (χ0n) is 14.9. The number of benzene rings is 2. The third-order valence-electron chi connectivity index (χ3n) is 4.85. The van der Waals surface area contributed by atoms with Gasteiger partial charge in [-0.2, -0.15) is 0 Å². The zero-order chi connectivity index (χ0) is 19.7. The topological polar surface area (TPSA) is 59.1 Å². The molecule has 0 aliphatic heterocycles. The Kier molecular flexibility index (Phi) is 5.40. The highest BCUT2D eigenvalue weighted by atomic mass is 35.5. The van der Waals surface area contributed by atoms with Crippen LogP contribution in [0.2, 0.25) is 5.02 Å². The Bertz CT molecular complexity index is 1100. The lowest BCUT2D eigenvalue weighted by atomic mass is 9.87. The number of anilines is 1. The van der Waals surface area contributed by atoms with Crippen LogP contribution in [0.3, 0.4) is 0 Å². The molecule has 0 saturated carbocycles. The Morgan fingerprint density at radius 3 is 2.89 bits per heavy atom. The van der Waals surface area contributed by atoms with Gasteiger partial charge in [0, 0.05) is 11.6 Å². The van der Waals surface area contributed by atoms with Gasteiger partial charge in [0.1, 0.15) is 21.5 Å². The lowest BCUT2D eigenvalue weighted by molar-refractivity contribution is 0.565. The van der Waals surface area contributed by atoms with E-state index >= 15 is 0 Å². The van der Waals surface area contributed by atoms with Crippen molar-refractivity contribution < 1.29 is 12.8 Å². The highest BCUT2D eigenvalue weighted by Gasteiger charge is 2.25. The second kappa shape index (κ2) is 7.81. The van der Waals surface area contributed by atoms with E-state index in [-0.39, 0.29) is 16.8 Å². The summed E-state index contributed by atoms with van der Waals surface area (Å²) >= 11 is 7.55. The predicted molar refractivity (Wildman–Crippen MR) is 110 cm³/mol. The van der Waals surface area contributed by atoms with E-state index in [0.29, 0.717) is 10.7 Å². The average molecular weight is 437 g/mol. The van der Waals surface area contributed by atoms with Crippen LogP contribution in [0.25, 0.3) is 0 Å². The number of nitrogens with zero attached hydrogens (tertiary/aromatic N) is 1. The van der Waals surface area contributed by atoms with E-state index in [1.54, 1.807) is 5.38 Å². The highest BCUT2D eigenvalue weighted by molar-refractivity contribution is 7.90.